The van der Waals surface area contributed by atoms with E-state index in [1.807, 2.05) is 24.5 Å². The first-order chi connectivity index (χ1) is 22.3. The molecule has 5 aromatic carbocycles. The largest absolute Gasteiger partial charge is 0.456 e. The summed E-state index contributed by atoms with van der Waals surface area (Å²) in [6, 6.07) is 47.1. The monoisotopic (exact) mass is 576 g/mol. The second-order valence-electron chi connectivity index (χ2n) is 11.5. The molecule has 0 bridgehead atoms. The lowest BCUT2D eigenvalue weighted by Crippen LogP contribution is -1.94. The summed E-state index contributed by atoms with van der Waals surface area (Å²) >= 11 is 0. The molecule has 0 spiro atoms. The molecule has 0 radical (unpaired) electrons. The first-order valence-electron chi connectivity index (χ1n) is 15.1. The van der Waals surface area contributed by atoms with Crippen LogP contribution in [0, 0.1) is 0 Å². The molecular weight excluding hydrogens is 552 g/mol. The van der Waals surface area contributed by atoms with E-state index in [1.165, 1.54) is 21.8 Å². The number of furan rings is 1. The van der Waals surface area contributed by atoms with E-state index in [0.29, 0.717) is 0 Å². The summed E-state index contributed by atoms with van der Waals surface area (Å²) in [7, 11) is 0. The summed E-state index contributed by atoms with van der Waals surface area (Å²) in [5.74, 6) is 0. The molecule has 5 aromatic heterocycles. The third-order valence-corrected chi connectivity index (χ3v) is 9.01. The molecule has 5 nitrogen and oxygen atoms in total. The second-order valence-corrected chi connectivity index (χ2v) is 11.5. The van der Waals surface area contributed by atoms with Gasteiger partial charge in [0.1, 0.15) is 22.2 Å². The number of hydrogen-bond donors (Lipinski definition) is 0. The summed E-state index contributed by atoms with van der Waals surface area (Å²) < 4.78 is 11.0. The Morgan fingerprint density at radius 3 is 1.76 bits per heavy atom. The number of benzene rings is 5. The average Bonchev–Trinajstić information content (AvgIpc) is 3.75. The molecule has 0 amide bonds. The van der Waals surface area contributed by atoms with Crippen molar-refractivity contribution in [2.24, 2.45) is 0 Å². The predicted octanol–water partition coefficient (Wildman–Crippen LogP) is 10.2. The van der Waals surface area contributed by atoms with E-state index in [2.05, 4.69) is 140 Å². The van der Waals surface area contributed by atoms with Crippen molar-refractivity contribution in [1.29, 1.82) is 0 Å². The van der Waals surface area contributed by atoms with E-state index in [4.69, 9.17) is 4.42 Å². The third-order valence-electron chi connectivity index (χ3n) is 9.01. The molecule has 45 heavy (non-hydrogen) atoms. The van der Waals surface area contributed by atoms with Crippen molar-refractivity contribution in [1.82, 2.24) is 19.1 Å². The van der Waals surface area contributed by atoms with Crippen LogP contribution in [-0.4, -0.2) is 19.1 Å². The Morgan fingerprint density at radius 1 is 0.400 bits per heavy atom. The van der Waals surface area contributed by atoms with Crippen LogP contribution < -0.4 is 0 Å². The minimum atomic E-state index is 0.849. The first kappa shape index (κ1) is 24.3. The van der Waals surface area contributed by atoms with Crippen molar-refractivity contribution in [3.05, 3.63) is 146 Å². The van der Waals surface area contributed by atoms with Gasteiger partial charge in [0, 0.05) is 45.7 Å². The average molecular weight is 577 g/mol. The van der Waals surface area contributed by atoms with Gasteiger partial charge in [0.2, 0.25) is 0 Å². The van der Waals surface area contributed by atoms with E-state index in [-0.39, 0.29) is 0 Å². The molecule has 5 heteroatoms. The third kappa shape index (κ3) is 3.49. The molecule has 0 N–H and O–H groups in total. The van der Waals surface area contributed by atoms with Gasteiger partial charge in [-0.15, -0.1) is 0 Å². The molecule has 0 unspecified atom stereocenters. The van der Waals surface area contributed by atoms with Gasteiger partial charge in [-0.1, -0.05) is 54.6 Å². The quantitative estimate of drug-likeness (QED) is 0.210. The fourth-order valence-electron chi connectivity index (χ4n) is 7.04. The minimum absolute atomic E-state index is 0.849. The van der Waals surface area contributed by atoms with Crippen LogP contribution in [0.3, 0.4) is 0 Å². The predicted molar refractivity (Wildman–Crippen MR) is 183 cm³/mol. The molecule has 0 aliphatic rings. The number of hydrogen-bond acceptors (Lipinski definition) is 3. The smallest absolute Gasteiger partial charge is 0.137 e. The fourth-order valence-corrected chi connectivity index (χ4v) is 7.04. The molecule has 0 atom stereocenters. The normalized spacial score (nSPS) is 12.0. The maximum absolute atomic E-state index is 6.44. The summed E-state index contributed by atoms with van der Waals surface area (Å²) in [6.45, 7) is 0. The highest BCUT2D eigenvalue weighted by Gasteiger charge is 2.17. The molecule has 10 rings (SSSR count). The summed E-state index contributed by atoms with van der Waals surface area (Å²) in [5.41, 5.74) is 12.4. The molecule has 0 saturated heterocycles. The molecule has 10 aromatic rings. The lowest BCUT2D eigenvalue weighted by Gasteiger charge is -2.10. The number of fused-ring (bicyclic) bond motifs is 9. The summed E-state index contributed by atoms with van der Waals surface area (Å²) in [4.78, 5) is 9.27. The van der Waals surface area contributed by atoms with E-state index < -0.39 is 0 Å². The summed E-state index contributed by atoms with van der Waals surface area (Å²) in [5, 5.41) is 4.71. The number of para-hydroxylation sites is 2. The van der Waals surface area contributed by atoms with Gasteiger partial charge in [0.05, 0.1) is 27.8 Å². The van der Waals surface area contributed by atoms with Crippen molar-refractivity contribution in [3.8, 4) is 22.5 Å². The molecule has 0 fully saturated rings. The van der Waals surface area contributed by atoms with Crippen LogP contribution in [0.25, 0.3) is 88.3 Å². The van der Waals surface area contributed by atoms with Gasteiger partial charge in [0.15, 0.2) is 0 Å². The van der Waals surface area contributed by atoms with Gasteiger partial charge in [0.25, 0.3) is 0 Å². The van der Waals surface area contributed by atoms with Gasteiger partial charge in [-0.3, -0.25) is 9.97 Å². The lowest BCUT2D eigenvalue weighted by atomic mass is 10.0. The summed E-state index contributed by atoms with van der Waals surface area (Å²) in [6.07, 6.45) is 3.64. The molecule has 0 aliphatic heterocycles. The zero-order valence-electron chi connectivity index (χ0n) is 24.1. The van der Waals surface area contributed by atoms with Crippen molar-refractivity contribution in [2.75, 3.05) is 0 Å². The zero-order valence-corrected chi connectivity index (χ0v) is 24.1. The maximum atomic E-state index is 6.44. The zero-order chi connectivity index (χ0) is 29.5. The minimum Gasteiger partial charge on any atom is -0.456 e. The standard InChI is InChI=1S/C40H24N4O/c1-3-12-33-29(10-1)30-11-2-4-13-34(30)43(33)27-9-5-8-25(22-27)26-16-19-37-32(23-26)31-18-17-28(24-38(31)45-37)44-35-14-6-20-41-39(35)40-36(44)15-7-21-42-40/h1-24H. The highest BCUT2D eigenvalue weighted by molar-refractivity contribution is 6.10. The molecule has 5 heterocycles. The van der Waals surface area contributed by atoms with Gasteiger partial charge < -0.3 is 13.6 Å². The lowest BCUT2D eigenvalue weighted by molar-refractivity contribution is 0.668. The van der Waals surface area contributed by atoms with Crippen molar-refractivity contribution in [3.63, 3.8) is 0 Å². The van der Waals surface area contributed by atoms with Crippen LogP contribution in [-0.2, 0) is 0 Å². The van der Waals surface area contributed by atoms with Crippen LogP contribution in [0.1, 0.15) is 0 Å². The Bertz CT molecular complexity index is 2670. The molecule has 0 aliphatic carbocycles. The van der Waals surface area contributed by atoms with Crippen LogP contribution in [0.15, 0.2) is 150 Å². The Kier molecular flexibility index (Phi) is 4.93. The topological polar surface area (TPSA) is 48.8 Å². The van der Waals surface area contributed by atoms with E-state index in [1.54, 1.807) is 0 Å². The van der Waals surface area contributed by atoms with Crippen molar-refractivity contribution < 1.29 is 4.42 Å². The Labute approximate surface area is 257 Å². The van der Waals surface area contributed by atoms with E-state index in [0.717, 1.165) is 66.5 Å². The molecule has 0 saturated carbocycles. The Morgan fingerprint density at radius 2 is 1.02 bits per heavy atom. The van der Waals surface area contributed by atoms with Crippen LogP contribution in [0.4, 0.5) is 0 Å². The fraction of sp³-hybridized carbons (Fsp3) is 0. The van der Waals surface area contributed by atoms with Gasteiger partial charge >= 0.3 is 0 Å². The van der Waals surface area contributed by atoms with Crippen LogP contribution >= 0.6 is 0 Å². The van der Waals surface area contributed by atoms with Crippen molar-refractivity contribution in [2.45, 2.75) is 0 Å². The van der Waals surface area contributed by atoms with Crippen molar-refractivity contribution >= 4 is 65.8 Å². The van der Waals surface area contributed by atoms with E-state index in [9.17, 15) is 0 Å². The Balaban J connectivity index is 1.11. The first-order valence-corrected chi connectivity index (χ1v) is 15.1. The highest BCUT2D eigenvalue weighted by Crippen LogP contribution is 2.37. The van der Waals surface area contributed by atoms with E-state index >= 15 is 0 Å². The van der Waals surface area contributed by atoms with Crippen LogP contribution in [0.5, 0.6) is 0 Å². The molecule has 210 valence electrons. The number of aromatic nitrogens is 4. The maximum Gasteiger partial charge on any atom is 0.137 e. The van der Waals surface area contributed by atoms with Gasteiger partial charge in [-0.25, -0.2) is 0 Å². The number of nitrogens with zero attached hydrogens (tertiary/aromatic N) is 4. The number of pyridine rings is 2. The SMILES string of the molecule is c1cc(-c2ccc3oc4cc(-n5c6cccnc6c6ncccc65)ccc4c3c2)cc(-n2c3ccccc3c3ccccc32)c1. The van der Waals surface area contributed by atoms with Gasteiger partial charge in [-0.05, 0) is 83.9 Å². The van der Waals surface area contributed by atoms with Gasteiger partial charge in [-0.2, -0.15) is 0 Å². The number of rotatable bonds is 3. The highest BCUT2D eigenvalue weighted by atomic mass is 16.3. The Hall–Kier alpha value is -6.20. The molecular formula is C40H24N4O. The van der Waals surface area contributed by atoms with Crippen LogP contribution in [0.2, 0.25) is 0 Å². The second kappa shape index (κ2) is 9.15.